The van der Waals surface area contributed by atoms with E-state index in [0.717, 1.165) is 17.9 Å². The molecule has 0 saturated heterocycles. The van der Waals surface area contributed by atoms with Crippen LogP contribution in [0.5, 0.6) is 0 Å². The van der Waals surface area contributed by atoms with E-state index in [9.17, 15) is 8.42 Å². The topological polar surface area (TPSA) is 63.5 Å². The number of thioether (sulfide) groups is 1. The lowest BCUT2D eigenvalue weighted by Gasteiger charge is -2.13. The summed E-state index contributed by atoms with van der Waals surface area (Å²) in [6.07, 6.45) is 2.44. The number of thiazole rings is 1. The first-order valence-corrected chi connectivity index (χ1v) is 10.1. The second kappa shape index (κ2) is 6.65. The summed E-state index contributed by atoms with van der Waals surface area (Å²) in [6, 6.07) is -0.140. The minimum absolute atomic E-state index is 0.0134. The Labute approximate surface area is 131 Å². The molecular formula is C11H16ClN3O2S3. The highest BCUT2D eigenvalue weighted by Crippen LogP contribution is 2.25. The van der Waals surface area contributed by atoms with Crippen molar-refractivity contribution in [3.63, 3.8) is 0 Å². The maximum atomic E-state index is 12.4. The molecule has 0 aliphatic carbocycles. The normalized spacial score (nSPS) is 13.9. The lowest BCUT2D eigenvalue weighted by molar-refractivity contribution is 0.553. The smallest absolute Gasteiger partial charge is 0.260 e. The first-order valence-electron chi connectivity index (χ1n) is 6.17. The molecule has 2 aromatic rings. The predicted octanol–water partition coefficient (Wildman–Crippen LogP) is 2.86. The maximum Gasteiger partial charge on any atom is 0.260 e. The van der Waals surface area contributed by atoms with Crippen LogP contribution >= 0.6 is 34.7 Å². The molecule has 0 saturated carbocycles. The third-order valence-electron chi connectivity index (χ3n) is 2.69. The van der Waals surface area contributed by atoms with Gasteiger partial charge >= 0.3 is 0 Å². The molecule has 0 aromatic carbocycles. The first-order chi connectivity index (χ1) is 9.45. The molecule has 0 aliphatic heterocycles. The van der Waals surface area contributed by atoms with Gasteiger partial charge in [0.2, 0.25) is 0 Å². The average molecular weight is 354 g/mol. The van der Waals surface area contributed by atoms with Gasteiger partial charge in [-0.15, -0.1) is 11.3 Å². The van der Waals surface area contributed by atoms with Crippen molar-refractivity contribution < 1.29 is 8.42 Å². The van der Waals surface area contributed by atoms with Gasteiger partial charge in [0.1, 0.15) is 0 Å². The van der Waals surface area contributed by atoms with E-state index in [0.29, 0.717) is 4.96 Å². The molecule has 0 aliphatic rings. The molecule has 0 fully saturated rings. The van der Waals surface area contributed by atoms with Gasteiger partial charge in [-0.2, -0.15) is 11.8 Å². The zero-order valence-corrected chi connectivity index (χ0v) is 14.4. The summed E-state index contributed by atoms with van der Waals surface area (Å²) in [5, 5.41) is 1.81. The second-order valence-corrected chi connectivity index (χ2v) is 8.53. The number of fused-ring (bicyclic) bond motifs is 1. The Bertz CT molecular complexity index is 680. The highest BCUT2D eigenvalue weighted by molar-refractivity contribution is 7.99. The van der Waals surface area contributed by atoms with Crippen LogP contribution < -0.4 is 4.72 Å². The van der Waals surface area contributed by atoms with E-state index < -0.39 is 10.0 Å². The monoisotopic (exact) mass is 353 g/mol. The number of hydrogen-bond donors (Lipinski definition) is 1. The van der Waals surface area contributed by atoms with Crippen molar-refractivity contribution in [1.82, 2.24) is 14.1 Å². The molecule has 1 atom stereocenters. The van der Waals surface area contributed by atoms with Crippen LogP contribution in [-0.2, 0) is 10.0 Å². The Kier molecular flexibility index (Phi) is 5.36. The van der Waals surface area contributed by atoms with Gasteiger partial charge in [0.25, 0.3) is 10.0 Å². The molecule has 2 heterocycles. The number of halogens is 1. The third kappa shape index (κ3) is 3.48. The number of imidazole rings is 1. The quantitative estimate of drug-likeness (QED) is 0.777. The van der Waals surface area contributed by atoms with Gasteiger partial charge in [-0.25, -0.2) is 18.1 Å². The molecule has 112 valence electrons. The first kappa shape index (κ1) is 16.1. The Morgan fingerprint density at radius 3 is 3.05 bits per heavy atom. The molecule has 9 heteroatoms. The number of aromatic nitrogens is 2. The Morgan fingerprint density at radius 2 is 2.35 bits per heavy atom. The lowest BCUT2D eigenvalue weighted by atomic mass is 10.3. The van der Waals surface area contributed by atoms with Crippen molar-refractivity contribution in [2.75, 3.05) is 11.5 Å². The van der Waals surface area contributed by atoms with Crippen molar-refractivity contribution in [3.8, 4) is 0 Å². The fourth-order valence-corrected chi connectivity index (χ4v) is 5.30. The Balaban J connectivity index is 2.18. The predicted molar refractivity (Wildman–Crippen MR) is 85.5 cm³/mol. The van der Waals surface area contributed by atoms with Gasteiger partial charge in [-0.3, -0.25) is 4.40 Å². The summed E-state index contributed by atoms with van der Waals surface area (Å²) in [7, 11) is -3.66. The summed E-state index contributed by atoms with van der Waals surface area (Å²) in [5.74, 6) is 1.96. The van der Waals surface area contributed by atoms with Crippen LogP contribution in [0.1, 0.15) is 20.3 Å². The molecule has 0 amide bonds. The lowest BCUT2D eigenvalue weighted by Crippen LogP contribution is -2.33. The number of nitrogens with zero attached hydrogens (tertiary/aromatic N) is 2. The molecule has 5 nitrogen and oxygen atoms in total. The zero-order chi connectivity index (χ0) is 14.8. The van der Waals surface area contributed by atoms with Crippen LogP contribution in [0.4, 0.5) is 0 Å². The van der Waals surface area contributed by atoms with Crippen LogP contribution in [0.15, 0.2) is 16.6 Å². The van der Waals surface area contributed by atoms with Crippen molar-refractivity contribution in [3.05, 3.63) is 16.7 Å². The minimum atomic E-state index is -3.66. The summed E-state index contributed by atoms with van der Waals surface area (Å²) in [6.45, 7) is 3.94. The number of rotatable bonds is 7. The van der Waals surface area contributed by atoms with Gasteiger partial charge in [0.05, 0.1) is 0 Å². The van der Waals surface area contributed by atoms with E-state index in [2.05, 4.69) is 16.6 Å². The van der Waals surface area contributed by atoms with E-state index in [1.807, 2.05) is 6.92 Å². The van der Waals surface area contributed by atoms with Crippen LogP contribution in [0.2, 0.25) is 5.15 Å². The zero-order valence-electron chi connectivity index (χ0n) is 11.2. The Morgan fingerprint density at radius 1 is 1.60 bits per heavy atom. The minimum Gasteiger partial charge on any atom is -0.279 e. The van der Waals surface area contributed by atoms with E-state index in [1.165, 1.54) is 15.7 Å². The number of sulfonamides is 1. The number of nitrogens with one attached hydrogen (secondary N) is 1. The summed E-state index contributed by atoms with van der Waals surface area (Å²) >= 11 is 9.09. The second-order valence-electron chi connectivity index (χ2n) is 4.27. The highest BCUT2D eigenvalue weighted by Gasteiger charge is 2.26. The largest absolute Gasteiger partial charge is 0.279 e. The van der Waals surface area contributed by atoms with E-state index in [-0.39, 0.29) is 16.2 Å². The molecule has 1 N–H and O–H groups in total. The van der Waals surface area contributed by atoms with Gasteiger partial charge < -0.3 is 0 Å². The van der Waals surface area contributed by atoms with Crippen molar-refractivity contribution in [2.24, 2.45) is 0 Å². The van der Waals surface area contributed by atoms with Crippen molar-refractivity contribution in [2.45, 2.75) is 31.3 Å². The fourth-order valence-electron chi connectivity index (χ4n) is 1.76. The van der Waals surface area contributed by atoms with E-state index >= 15 is 0 Å². The van der Waals surface area contributed by atoms with E-state index in [1.54, 1.807) is 23.3 Å². The fraction of sp³-hybridized carbons (Fsp3) is 0.545. The molecule has 1 unspecified atom stereocenters. The standard InChI is InChI=1S/C11H16ClN3O2S3/c1-3-18-6-4-8(2)14-20(16,17)10-9(12)13-11-15(10)5-7-19-11/h5,7-8,14H,3-4,6H2,1-2H3. The Hall–Kier alpha value is -0.280. The molecule has 0 bridgehead atoms. The molecule has 2 rings (SSSR count). The number of hydrogen-bond acceptors (Lipinski definition) is 5. The maximum absolute atomic E-state index is 12.4. The van der Waals surface area contributed by atoms with Crippen molar-refractivity contribution >= 4 is 49.7 Å². The van der Waals surface area contributed by atoms with E-state index in [4.69, 9.17) is 11.6 Å². The van der Waals surface area contributed by atoms with Gasteiger partial charge in [-0.05, 0) is 24.9 Å². The summed E-state index contributed by atoms with van der Waals surface area (Å²) in [4.78, 5) is 4.62. The van der Waals surface area contributed by atoms with Gasteiger partial charge in [0, 0.05) is 17.6 Å². The van der Waals surface area contributed by atoms with Crippen LogP contribution in [0.25, 0.3) is 4.96 Å². The van der Waals surface area contributed by atoms with Crippen LogP contribution in [-0.4, -0.2) is 35.4 Å². The molecule has 0 radical (unpaired) electrons. The highest BCUT2D eigenvalue weighted by atomic mass is 35.5. The summed E-state index contributed by atoms with van der Waals surface area (Å²) < 4.78 is 29.0. The van der Waals surface area contributed by atoms with Crippen molar-refractivity contribution in [1.29, 1.82) is 0 Å². The SMILES string of the molecule is CCSCCC(C)NS(=O)(=O)c1c(Cl)nc2sccn12. The molecule has 20 heavy (non-hydrogen) atoms. The van der Waals surface area contributed by atoms with Crippen LogP contribution in [0.3, 0.4) is 0 Å². The van der Waals surface area contributed by atoms with Crippen LogP contribution in [0, 0.1) is 0 Å². The van der Waals surface area contributed by atoms with Gasteiger partial charge in [-0.1, -0.05) is 18.5 Å². The third-order valence-corrected chi connectivity index (χ3v) is 6.37. The summed E-state index contributed by atoms with van der Waals surface area (Å²) in [5.41, 5.74) is 0. The van der Waals surface area contributed by atoms with Gasteiger partial charge in [0.15, 0.2) is 15.1 Å². The average Bonchev–Trinajstić information content (AvgIpc) is 2.87. The molecular weight excluding hydrogens is 338 g/mol. The molecule has 0 spiro atoms. The molecule has 2 aromatic heterocycles.